The zero-order valence-corrected chi connectivity index (χ0v) is 16.9. The minimum absolute atomic E-state index is 0. The number of halogens is 1. The molecule has 0 fully saturated rings. The van der Waals surface area contributed by atoms with E-state index < -0.39 is 0 Å². The molecule has 2 heterocycles. The second-order valence-electron chi connectivity index (χ2n) is 5.94. The van der Waals surface area contributed by atoms with E-state index in [0.717, 1.165) is 30.9 Å². The van der Waals surface area contributed by atoms with Gasteiger partial charge in [-0.25, -0.2) is 0 Å². The molecule has 0 aliphatic heterocycles. The number of aryl methyl sites for hydroxylation is 2. The standard InChI is InChI=1S/C17H26N6.HI/c1-13(12-23-15(3)10-14(2)22-23)11-21-17(18)20-9-7-16-6-4-5-8-19-16;/h4-6,8,10,13H,7,9,11-12H2,1-3H3,(H3,18,20,21);1H. The highest BCUT2D eigenvalue weighted by molar-refractivity contribution is 14.0. The third-order valence-electron chi connectivity index (χ3n) is 3.57. The second-order valence-corrected chi connectivity index (χ2v) is 5.94. The van der Waals surface area contributed by atoms with Crippen LogP contribution in [0.4, 0.5) is 0 Å². The summed E-state index contributed by atoms with van der Waals surface area (Å²) in [4.78, 5) is 8.69. The normalized spacial score (nSPS) is 12.5. The number of guanidine groups is 1. The zero-order valence-electron chi connectivity index (χ0n) is 14.6. The Hall–Kier alpha value is -1.64. The monoisotopic (exact) mass is 442 g/mol. The zero-order chi connectivity index (χ0) is 16.7. The predicted octanol–water partition coefficient (Wildman–Crippen LogP) is 2.30. The fourth-order valence-electron chi connectivity index (χ4n) is 2.39. The average Bonchev–Trinajstić information content (AvgIpc) is 2.84. The van der Waals surface area contributed by atoms with Gasteiger partial charge in [0, 0.05) is 43.6 Å². The second kappa shape index (κ2) is 10.3. The molecule has 0 amide bonds. The van der Waals surface area contributed by atoms with E-state index in [1.165, 1.54) is 5.69 Å². The molecule has 2 aromatic heterocycles. The summed E-state index contributed by atoms with van der Waals surface area (Å²) in [6.07, 6.45) is 2.63. The SMILES string of the molecule is Cc1cc(C)n(CC(C)CN=C(N)NCCc2ccccn2)n1.I. The summed E-state index contributed by atoms with van der Waals surface area (Å²) in [6, 6.07) is 7.99. The molecule has 7 heteroatoms. The van der Waals surface area contributed by atoms with E-state index in [4.69, 9.17) is 5.73 Å². The van der Waals surface area contributed by atoms with E-state index in [-0.39, 0.29) is 24.0 Å². The maximum atomic E-state index is 5.91. The van der Waals surface area contributed by atoms with Crippen molar-refractivity contribution in [3.8, 4) is 0 Å². The minimum atomic E-state index is 0. The van der Waals surface area contributed by atoms with Crippen molar-refractivity contribution >= 4 is 29.9 Å². The van der Waals surface area contributed by atoms with Crippen molar-refractivity contribution in [1.29, 1.82) is 0 Å². The van der Waals surface area contributed by atoms with E-state index in [1.54, 1.807) is 6.20 Å². The lowest BCUT2D eigenvalue weighted by Crippen LogP contribution is -2.34. The lowest BCUT2D eigenvalue weighted by molar-refractivity contribution is 0.450. The predicted molar refractivity (Wildman–Crippen MR) is 109 cm³/mol. The van der Waals surface area contributed by atoms with E-state index in [9.17, 15) is 0 Å². The van der Waals surface area contributed by atoms with Crippen LogP contribution in [-0.4, -0.2) is 33.8 Å². The van der Waals surface area contributed by atoms with Gasteiger partial charge in [-0.05, 0) is 38.0 Å². The van der Waals surface area contributed by atoms with Crippen molar-refractivity contribution in [2.75, 3.05) is 13.1 Å². The third kappa shape index (κ3) is 6.86. The first-order chi connectivity index (χ1) is 11.0. The van der Waals surface area contributed by atoms with Gasteiger partial charge in [-0.2, -0.15) is 5.10 Å². The lowest BCUT2D eigenvalue weighted by atomic mass is 10.2. The van der Waals surface area contributed by atoms with Crippen LogP contribution in [0.5, 0.6) is 0 Å². The van der Waals surface area contributed by atoms with Gasteiger partial charge in [0.15, 0.2) is 5.96 Å². The Kier molecular flexibility index (Phi) is 8.73. The van der Waals surface area contributed by atoms with Crippen LogP contribution in [-0.2, 0) is 13.0 Å². The molecule has 0 bridgehead atoms. The molecule has 6 nitrogen and oxygen atoms in total. The number of nitrogens with zero attached hydrogens (tertiary/aromatic N) is 4. The van der Waals surface area contributed by atoms with Crippen molar-refractivity contribution in [2.24, 2.45) is 16.6 Å². The van der Waals surface area contributed by atoms with E-state index in [2.05, 4.69) is 40.3 Å². The smallest absolute Gasteiger partial charge is 0.188 e. The summed E-state index contributed by atoms with van der Waals surface area (Å²) < 4.78 is 2.03. The van der Waals surface area contributed by atoms with Gasteiger partial charge in [0.05, 0.1) is 5.69 Å². The molecule has 2 aromatic rings. The molecule has 0 aliphatic rings. The molecule has 1 atom stereocenters. The quantitative estimate of drug-likeness (QED) is 0.392. The number of nitrogens with one attached hydrogen (secondary N) is 1. The maximum Gasteiger partial charge on any atom is 0.188 e. The molecule has 2 rings (SSSR count). The van der Waals surface area contributed by atoms with E-state index in [0.29, 0.717) is 18.4 Å². The Bertz CT molecular complexity index is 638. The molecule has 0 aromatic carbocycles. The molecule has 1 unspecified atom stereocenters. The molecule has 3 N–H and O–H groups in total. The van der Waals surface area contributed by atoms with Crippen molar-refractivity contribution in [3.63, 3.8) is 0 Å². The summed E-state index contributed by atoms with van der Waals surface area (Å²) in [5, 5.41) is 7.61. The number of nitrogens with two attached hydrogens (primary N) is 1. The first-order valence-electron chi connectivity index (χ1n) is 7.99. The molecule has 24 heavy (non-hydrogen) atoms. The Morgan fingerprint density at radius 1 is 1.38 bits per heavy atom. The number of aliphatic imine (C=N–C) groups is 1. The molecule has 132 valence electrons. The first kappa shape index (κ1) is 20.4. The largest absolute Gasteiger partial charge is 0.370 e. The minimum Gasteiger partial charge on any atom is -0.370 e. The van der Waals surface area contributed by atoms with Gasteiger partial charge in [0.1, 0.15) is 0 Å². The lowest BCUT2D eigenvalue weighted by Gasteiger charge is -2.11. The van der Waals surface area contributed by atoms with Gasteiger partial charge in [0.2, 0.25) is 0 Å². The first-order valence-corrected chi connectivity index (χ1v) is 7.99. The summed E-state index contributed by atoms with van der Waals surface area (Å²) in [7, 11) is 0. The molecule has 0 spiro atoms. The van der Waals surface area contributed by atoms with Crippen LogP contribution in [0.15, 0.2) is 35.5 Å². The number of hydrogen-bond acceptors (Lipinski definition) is 3. The molecule has 0 saturated heterocycles. The Labute approximate surface area is 161 Å². The van der Waals surface area contributed by atoms with Crippen LogP contribution in [0.25, 0.3) is 0 Å². The highest BCUT2D eigenvalue weighted by Crippen LogP contribution is 2.06. The van der Waals surface area contributed by atoms with Gasteiger partial charge >= 0.3 is 0 Å². The van der Waals surface area contributed by atoms with Crippen LogP contribution in [0.3, 0.4) is 0 Å². The molecule has 0 saturated carbocycles. The van der Waals surface area contributed by atoms with Crippen molar-refractivity contribution in [3.05, 3.63) is 47.5 Å². The van der Waals surface area contributed by atoms with Crippen LogP contribution in [0, 0.1) is 19.8 Å². The Morgan fingerprint density at radius 2 is 2.17 bits per heavy atom. The van der Waals surface area contributed by atoms with Crippen LogP contribution < -0.4 is 11.1 Å². The number of aromatic nitrogens is 3. The summed E-state index contributed by atoms with van der Waals surface area (Å²) >= 11 is 0. The highest BCUT2D eigenvalue weighted by Gasteiger charge is 2.07. The van der Waals surface area contributed by atoms with Crippen molar-refractivity contribution in [1.82, 2.24) is 20.1 Å². The molecular weight excluding hydrogens is 415 g/mol. The Balaban J connectivity index is 0.00000288. The van der Waals surface area contributed by atoms with Crippen LogP contribution >= 0.6 is 24.0 Å². The van der Waals surface area contributed by atoms with E-state index in [1.807, 2.05) is 29.8 Å². The van der Waals surface area contributed by atoms with Crippen molar-refractivity contribution in [2.45, 2.75) is 33.7 Å². The number of hydrogen-bond donors (Lipinski definition) is 2. The fourth-order valence-corrected chi connectivity index (χ4v) is 2.39. The average molecular weight is 442 g/mol. The maximum absolute atomic E-state index is 5.91. The van der Waals surface area contributed by atoms with Gasteiger partial charge in [0.25, 0.3) is 0 Å². The van der Waals surface area contributed by atoms with E-state index >= 15 is 0 Å². The fraction of sp³-hybridized carbons (Fsp3) is 0.471. The van der Waals surface area contributed by atoms with Crippen molar-refractivity contribution < 1.29 is 0 Å². The third-order valence-corrected chi connectivity index (χ3v) is 3.57. The summed E-state index contributed by atoms with van der Waals surface area (Å²) in [5.41, 5.74) is 9.19. The van der Waals surface area contributed by atoms with Gasteiger partial charge in [-0.1, -0.05) is 13.0 Å². The summed E-state index contributed by atoms with van der Waals surface area (Å²) in [6.45, 7) is 8.50. The van der Waals surface area contributed by atoms with Gasteiger partial charge < -0.3 is 11.1 Å². The number of rotatable bonds is 7. The van der Waals surface area contributed by atoms with Crippen LogP contribution in [0.1, 0.15) is 24.0 Å². The van der Waals surface area contributed by atoms with Crippen LogP contribution in [0.2, 0.25) is 0 Å². The Morgan fingerprint density at radius 3 is 2.79 bits per heavy atom. The highest BCUT2D eigenvalue weighted by atomic mass is 127. The summed E-state index contributed by atoms with van der Waals surface area (Å²) in [5.74, 6) is 0.866. The van der Waals surface area contributed by atoms with Gasteiger partial charge in [-0.3, -0.25) is 14.7 Å². The molecule has 0 radical (unpaired) electrons. The molecular formula is C17H27IN6. The number of pyridine rings is 1. The topological polar surface area (TPSA) is 81.1 Å². The van der Waals surface area contributed by atoms with Gasteiger partial charge in [-0.15, -0.1) is 24.0 Å². The molecule has 0 aliphatic carbocycles.